The summed E-state index contributed by atoms with van der Waals surface area (Å²) < 4.78 is 37.2. The zero-order chi connectivity index (χ0) is 19.6. The Morgan fingerprint density at radius 2 is 1.93 bits per heavy atom. The molecule has 1 amide bonds. The van der Waals surface area contributed by atoms with Gasteiger partial charge in [0.15, 0.2) is 5.82 Å². The van der Waals surface area contributed by atoms with Gasteiger partial charge in [0.2, 0.25) is 5.91 Å². The standard InChI is InChI=1S/C18H20F3N5O/c1-25(2)17-13-6-10-26(15(27)3-7-18(19,20)21)11-14(13)23-16(24-17)12-4-8-22-9-5-12/h4-5,8-9H,3,6-7,10-11H2,1-2H3. The first-order chi connectivity index (χ1) is 12.7. The molecule has 0 radical (unpaired) electrons. The third kappa shape index (κ3) is 4.53. The van der Waals surface area contributed by atoms with E-state index in [0.717, 1.165) is 16.9 Å². The van der Waals surface area contributed by atoms with Crippen LogP contribution in [0, 0.1) is 0 Å². The van der Waals surface area contributed by atoms with Crippen LogP contribution >= 0.6 is 0 Å². The van der Waals surface area contributed by atoms with Crippen molar-refractivity contribution in [2.45, 2.75) is 32.0 Å². The zero-order valence-electron chi connectivity index (χ0n) is 15.1. The van der Waals surface area contributed by atoms with Crippen LogP contribution in [0.2, 0.25) is 0 Å². The summed E-state index contributed by atoms with van der Waals surface area (Å²) in [6, 6.07) is 3.58. The van der Waals surface area contributed by atoms with Crippen LogP contribution in [0.1, 0.15) is 24.1 Å². The van der Waals surface area contributed by atoms with E-state index in [1.807, 2.05) is 19.0 Å². The molecule has 2 aromatic heterocycles. The van der Waals surface area contributed by atoms with E-state index in [-0.39, 0.29) is 6.54 Å². The summed E-state index contributed by atoms with van der Waals surface area (Å²) in [6.07, 6.45) is -2.19. The Bertz CT molecular complexity index is 824. The van der Waals surface area contributed by atoms with Gasteiger partial charge in [-0.25, -0.2) is 9.97 Å². The second kappa shape index (κ2) is 7.50. The van der Waals surface area contributed by atoms with Gasteiger partial charge in [-0.3, -0.25) is 9.78 Å². The minimum Gasteiger partial charge on any atom is -0.362 e. The molecule has 0 bridgehead atoms. The lowest BCUT2D eigenvalue weighted by molar-refractivity contribution is -0.149. The largest absolute Gasteiger partial charge is 0.389 e. The van der Waals surface area contributed by atoms with Gasteiger partial charge >= 0.3 is 6.18 Å². The summed E-state index contributed by atoms with van der Waals surface area (Å²) in [7, 11) is 3.75. The molecular weight excluding hydrogens is 359 g/mol. The molecule has 6 nitrogen and oxygen atoms in total. The molecule has 27 heavy (non-hydrogen) atoms. The third-order valence-corrected chi connectivity index (χ3v) is 4.38. The van der Waals surface area contributed by atoms with Gasteiger partial charge in [0.1, 0.15) is 5.82 Å². The Labute approximate surface area is 155 Å². The lowest BCUT2D eigenvalue weighted by atomic mass is 10.0. The van der Waals surface area contributed by atoms with E-state index in [1.54, 1.807) is 24.5 Å². The van der Waals surface area contributed by atoms with Crippen LogP contribution in [0.5, 0.6) is 0 Å². The topological polar surface area (TPSA) is 62.2 Å². The maximum Gasteiger partial charge on any atom is 0.389 e. The average molecular weight is 379 g/mol. The SMILES string of the molecule is CN(C)c1nc(-c2ccncc2)nc2c1CCN(C(=O)CCC(F)(F)F)C2. The van der Waals surface area contributed by atoms with Crippen LogP contribution in [0.4, 0.5) is 19.0 Å². The predicted octanol–water partition coefficient (Wildman–Crippen LogP) is 2.83. The molecule has 9 heteroatoms. The highest BCUT2D eigenvalue weighted by Gasteiger charge is 2.31. The lowest BCUT2D eigenvalue weighted by Gasteiger charge is -2.31. The van der Waals surface area contributed by atoms with Gasteiger partial charge in [-0.1, -0.05) is 0 Å². The van der Waals surface area contributed by atoms with Crippen LogP contribution in [-0.2, 0) is 17.8 Å². The van der Waals surface area contributed by atoms with Gasteiger partial charge in [-0.2, -0.15) is 13.2 Å². The number of alkyl halides is 3. The normalized spacial score (nSPS) is 14.0. The highest BCUT2D eigenvalue weighted by Crippen LogP contribution is 2.29. The molecule has 3 heterocycles. The van der Waals surface area contributed by atoms with E-state index in [0.29, 0.717) is 24.5 Å². The number of fused-ring (bicyclic) bond motifs is 1. The highest BCUT2D eigenvalue weighted by atomic mass is 19.4. The Balaban J connectivity index is 1.88. The van der Waals surface area contributed by atoms with E-state index in [1.165, 1.54) is 4.90 Å². The molecule has 144 valence electrons. The molecule has 0 spiro atoms. The monoisotopic (exact) mass is 379 g/mol. The summed E-state index contributed by atoms with van der Waals surface area (Å²) in [6.45, 7) is 0.552. The van der Waals surface area contributed by atoms with Gasteiger partial charge in [-0.15, -0.1) is 0 Å². The molecule has 2 aromatic rings. The molecule has 0 fully saturated rings. The number of nitrogens with zero attached hydrogens (tertiary/aromatic N) is 5. The van der Waals surface area contributed by atoms with E-state index < -0.39 is 24.9 Å². The van der Waals surface area contributed by atoms with Crippen LogP contribution in [-0.4, -0.2) is 52.6 Å². The minimum absolute atomic E-state index is 0.188. The number of carbonyl (C=O) groups excluding carboxylic acids is 1. The average Bonchev–Trinajstić information content (AvgIpc) is 2.64. The van der Waals surface area contributed by atoms with Crippen molar-refractivity contribution in [3.63, 3.8) is 0 Å². The first-order valence-electron chi connectivity index (χ1n) is 8.56. The third-order valence-electron chi connectivity index (χ3n) is 4.38. The maximum atomic E-state index is 12.4. The van der Waals surface area contributed by atoms with E-state index >= 15 is 0 Å². The van der Waals surface area contributed by atoms with Gasteiger partial charge in [0.25, 0.3) is 0 Å². The van der Waals surface area contributed by atoms with Crippen LogP contribution in [0.25, 0.3) is 11.4 Å². The molecule has 0 saturated heterocycles. The number of carbonyl (C=O) groups is 1. The van der Waals surface area contributed by atoms with Crippen molar-refractivity contribution >= 4 is 11.7 Å². The van der Waals surface area contributed by atoms with Crippen LogP contribution in [0.3, 0.4) is 0 Å². The summed E-state index contributed by atoms with van der Waals surface area (Å²) in [4.78, 5) is 28.7. The molecule has 0 saturated carbocycles. The number of hydrogen-bond acceptors (Lipinski definition) is 5. The number of amides is 1. The van der Waals surface area contributed by atoms with Gasteiger partial charge < -0.3 is 9.80 Å². The van der Waals surface area contributed by atoms with Crippen molar-refractivity contribution < 1.29 is 18.0 Å². The number of aromatic nitrogens is 3. The van der Waals surface area contributed by atoms with E-state index in [2.05, 4.69) is 15.0 Å². The Hall–Kier alpha value is -2.71. The number of hydrogen-bond donors (Lipinski definition) is 0. The van der Waals surface area contributed by atoms with Crippen LogP contribution in [0.15, 0.2) is 24.5 Å². The molecule has 0 aliphatic carbocycles. The smallest absolute Gasteiger partial charge is 0.362 e. The molecule has 0 unspecified atom stereocenters. The van der Waals surface area contributed by atoms with Gasteiger partial charge in [0.05, 0.1) is 18.7 Å². The molecule has 3 rings (SSSR count). The first kappa shape index (κ1) is 19.1. The van der Waals surface area contributed by atoms with Crippen molar-refractivity contribution in [2.75, 3.05) is 25.5 Å². The quantitative estimate of drug-likeness (QED) is 0.818. The fraction of sp³-hybridized carbons (Fsp3) is 0.444. The molecule has 0 atom stereocenters. The van der Waals surface area contributed by atoms with Crippen molar-refractivity contribution in [2.24, 2.45) is 0 Å². The first-order valence-corrected chi connectivity index (χ1v) is 8.56. The highest BCUT2D eigenvalue weighted by molar-refractivity contribution is 5.76. The summed E-state index contributed by atoms with van der Waals surface area (Å²) in [5, 5.41) is 0. The predicted molar refractivity (Wildman–Crippen MR) is 94.0 cm³/mol. The van der Waals surface area contributed by atoms with Crippen molar-refractivity contribution in [3.05, 3.63) is 35.8 Å². The van der Waals surface area contributed by atoms with Crippen molar-refractivity contribution in [3.8, 4) is 11.4 Å². The van der Waals surface area contributed by atoms with Gasteiger partial charge in [-0.05, 0) is 18.6 Å². The number of halogens is 3. The fourth-order valence-corrected chi connectivity index (χ4v) is 3.03. The molecule has 0 N–H and O–H groups in total. The Kier molecular flexibility index (Phi) is 5.29. The zero-order valence-corrected chi connectivity index (χ0v) is 15.1. The molecule has 1 aliphatic rings. The number of pyridine rings is 1. The van der Waals surface area contributed by atoms with E-state index in [4.69, 9.17) is 0 Å². The molecular formula is C18H20F3N5O. The summed E-state index contributed by atoms with van der Waals surface area (Å²) >= 11 is 0. The Morgan fingerprint density at radius 3 is 2.56 bits per heavy atom. The van der Waals surface area contributed by atoms with Crippen molar-refractivity contribution in [1.82, 2.24) is 19.9 Å². The second-order valence-electron chi connectivity index (χ2n) is 6.61. The maximum absolute atomic E-state index is 12.4. The minimum atomic E-state index is -4.34. The summed E-state index contributed by atoms with van der Waals surface area (Å²) in [5.41, 5.74) is 2.39. The Morgan fingerprint density at radius 1 is 1.22 bits per heavy atom. The number of anilines is 1. The molecule has 0 aromatic carbocycles. The number of rotatable bonds is 4. The van der Waals surface area contributed by atoms with Crippen LogP contribution < -0.4 is 4.90 Å². The fourth-order valence-electron chi connectivity index (χ4n) is 3.03. The lowest BCUT2D eigenvalue weighted by Crippen LogP contribution is -2.37. The van der Waals surface area contributed by atoms with Gasteiger partial charge in [0, 0.05) is 50.6 Å². The molecule has 1 aliphatic heterocycles. The van der Waals surface area contributed by atoms with E-state index in [9.17, 15) is 18.0 Å². The van der Waals surface area contributed by atoms with Crippen molar-refractivity contribution in [1.29, 1.82) is 0 Å². The summed E-state index contributed by atoms with van der Waals surface area (Å²) in [5.74, 6) is 0.757. The second-order valence-corrected chi connectivity index (χ2v) is 6.61.